The third kappa shape index (κ3) is 1.30. The van der Waals surface area contributed by atoms with Gasteiger partial charge in [-0.3, -0.25) is 0 Å². The van der Waals surface area contributed by atoms with Crippen molar-refractivity contribution in [2.24, 2.45) is 22.7 Å². The average Bonchev–Trinajstić information content (AvgIpc) is 2.84. The minimum Gasteiger partial charge on any atom is -0.384 e. The summed E-state index contributed by atoms with van der Waals surface area (Å²) in [4.78, 5) is 0. The first-order chi connectivity index (χ1) is 8.04. The molecule has 96 valence electrons. The first-order valence-electron chi connectivity index (χ1n) is 7.24. The van der Waals surface area contributed by atoms with Crippen LogP contribution in [0, 0.1) is 22.7 Å². The van der Waals surface area contributed by atoms with Crippen molar-refractivity contribution in [1.29, 1.82) is 0 Å². The third-order valence-corrected chi connectivity index (χ3v) is 6.58. The summed E-state index contributed by atoms with van der Waals surface area (Å²) in [5.41, 5.74) is 4.46. The van der Waals surface area contributed by atoms with Crippen molar-refractivity contribution in [2.45, 2.75) is 52.9 Å². The molecular formula is C16H26O. The average molecular weight is 234 g/mol. The molecule has 2 saturated carbocycles. The molecule has 0 heterocycles. The number of fused-ring (bicyclic) bond motifs is 1. The van der Waals surface area contributed by atoms with Crippen LogP contribution in [0.3, 0.4) is 0 Å². The summed E-state index contributed by atoms with van der Waals surface area (Å²) in [6.45, 7) is 8.25. The molecule has 3 rings (SSSR count). The lowest BCUT2D eigenvalue weighted by molar-refractivity contribution is 0.0580. The Bertz CT molecular complexity index is 370. The molecule has 1 unspecified atom stereocenters. The van der Waals surface area contributed by atoms with Gasteiger partial charge in [-0.2, -0.15) is 0 Å². The molecule has 0 aromatic heterocycles. The molecule has 0 aliphatic heterocycles. The highest BCUT2D eigenvalue weighted by molar-refractivity contribution is 5.37. The van der Waals surface area contributed by atoms with Crippen LogP contribution in [-0.4, -0.2) is 13.7 Å². The highest BCUT2D eigenvalue weighted by atomic mass is 16.5. The molecular weight excluding hydrogens is 208 g/mol. The Morgan fingerprint density at radius 2 is 2.12 bits per heavy atom. The predicted octanol–water partition coefficient (Wildman–Crippen LogP) is 4.19. The van der Waals surface area contributed by atoms with E-state index < -0.39 is 0 Å². The number of ether oxygens (including phenoxy) is 1. The normalized spacial score (nSPS) is 48.7. The second-order valence-corrected chi connectivity index (χ2v) is 6.99. The molecule has 17 heavy (non-hydrogen) atoms. The van der Waals surface area contributed by atoms with E-state index in [4.69, 9.17) is 4.74 Å². The van der Waals surface area contributed by atoms with Gasteiger partial charge in [0.05, 0.1) is 6.61 Å². The lowest BCUT2D eigenvalue weighted by atomic mass is 9.60. The topological polar surface area (TPSA) is 9.23 Å². The van der Waals surface area contributed by atoms with Crippen molar-refractivity contribution in [2.75, 3.05) is 13.7 Å². The van der Waals surface area contributed by atoms with Gasteiger partial charge in [0.25, 0.3) is 0 Å². The van der Waals surface area contributed by atoms with Gasteiger partial charge in [0.15, 0.2) is 0 Å². The molecule has 1 heteroatoms. The summed E-state index contributed by atoms with van der Waals surface area (Å²) in [6, 6.07) is 0. The van der Waals surface area contributed by atoms with Crippen LogP contribution in [0.5, 0.6) is 0 Å². The molecule has 2 bridgehead atoms. The zero-order chi connectivity index (χ0) is 12.3. The fourth-order valence-electron chi connectivity index (χ4n) is 5.26. The summed E-state index contributed by atoms with van der Waals surface area (Å²) < 4.78 is 5.54. The second-order valence-electron chi connectivity index (χ2n) is 6.99. The van der Waals surface area contributed by atoms with E-state index in [-0.39, 0.29) is 0 Å². The summed E-state index contributed by atoms with van der Waals surface area (Å²) in [7, 11) is 1.86. The van der Waals surface area contributed by atoms with Gasteiger partial charge in [-0.15, -0.1) is 0 Å². The monoisotopic (exact) mass is 234 g/mol. The maximum atomic E-state index is 5.54. The van der Waals surface area contributed by atoms with E-state index in [1.807, 2.05) is 12.7 Å². The van der Waals surface area contributed by atoms with E-state index in [0.29, 0.717) is 10.8 Å². The molecule has 0 amide bonds. The molecule has 0 N–H and O–H groups in total. The van der Waals surface area contributed by atoms with Gasteiger partial charge < -0.3 is 4.74 Å². The van der Waals surface area contributed by atoms with Gasteiger partial charge in [-0.05, 0) is 56.3 Å². The van der Waals surface area contributed by atoms with Crippen molar-refractivity contribution in [3.8, 4) is 0 Å². The Hall–Kier alpha value is -0.300. The summed E-state index contributed by atoms with van der Waals surface area (Å²) in [5.74, 6) is 1.79. The van der Waals surface area contributed by atoms with E-state index in [1.165, 1.54) is 32.1 Å². The van der Waals surface area contributed by atoms with Crippen LogP contribution in [0.25, 0.3) is 0 Å². The Morgan fingerprint density at radius 3 is 2.82 bits per heavy atom. The van der Waals surface area contributed by atoms with E-state index >= 15 is 0 Å². The zero-order valence-electron chi connectivity index (χ0n) is 11.8. The van der Waals surface area contributed by atoms with Crippen molar-refractivity contribution in [3.63, 3.8) is 0 Å². The first kappa shape index (κ1) is 11.8. The van der Waals surface area contributed by atoms with Crippen LogP contribution < -0.4 is 0 Å². The van der Waals surface area contributed by atoms with Gasteiger partial charge in [0, 0.05) is 12.5 Å². The number of hydrogen-bond acceptors (Lipinski definition) is 1. The number of methoxy groups -OCH3 is 1. The van der Waals surface area contributed by atoms with Gasteiger partial charge in [0.1, 0.15) is 0 Å². The largest absolute Gasteiger partial charge is 0.384 e. The molecule has 3 aliphatic rings. The lowest BCUT2D eigenvalue weighted by Gasteiger charge is -2.45. The standard InChI is InChI=1S/C16H26O/c1-11-5-6-14-12(2)15(3,10-17-4)13-7-8-16(11,14)9-13/h11,13H,5-10H2,1-4H3/t11-,13+,15?,16-/m0/s1. The Kier molecular flexibility index (Phi) is 2.49. The van der Waals surface area contributed by atoms with Crippen LogP contribution >= 0.6 is 0 Å². The van der Waals surface area contributed by atoms with Crippen LogP contribution in [0.2, 0.25) is 0 Å². The van der Waals surface area contributed by atoms with Crippen molar-refractivity contribution in [1.82, 2.24) is 0 Å². The second kappa shape index (κ2) is 3.60. The van der Waals surface area contributed by atoms with Crippen LogP contribution in [0.15, 0.2) is 11.1 Å². The fraction of sp³-hybridized carbons (Fsp3) is 0.875. The maximum absolute atomic E-state index is 5.54. The molecule has 0 aromatic carbocycles. The van der Waals surface area contributed by atoms with Gasteiger partial charge in [0.2, 0.25) is 0 Å². The highest BCUT2D eigenvalue weighted by Gasteiger charge is 2.58. The summed E-state index contributed by atoms with van der Waals surface area (Å²) in [6.07, 6.45) is 7.10. The third-order valence-electron chi connectivity index (χ3n) is 6.58. The molecule has 1 spiro atoms. The van der Waals surface area contributed by atoms with Crippen molar-refractivity contribution in [3.05, 3.63) is 11.1 Å². The molecule has 0 radical (unpaired) electrons. The van der Waals surface area contributed by atoms with Crippen molar-refractivity contribution < 1.29 is 4.74 Å². The molecule has 2 fully saturated rings. The number of hydrogen-bond donors (Lipinski definition) is 0. The molecule has 3 aliphatic carbocycles. The first-order valence-corrected chi connectivity index (χ1v) is 7.24. The molecule has 1 nitrogen and oxygen atoms in total. The maximum Gasteiger partial charge on any atom is 0.0555 e. The Balaban J connectivity index is 2.09. The van der Waals surface area contributed by atoms with Crippen LogP contribution in [0.4, 0.5) is 0 Å². The van der Waals surface area contributed by atoms with Crippen LogP contribution in [-0.2, 0) is 4.74 Å². The van der Waals surface area contributed by atoms with Gasteiger partial charge >= 0.3 is 0 Å². The fourth-order valence-corrected chi connectivity index (χ4v) is 5.26. The smallest absolute Gasteiger partial charge is 0.0555 e. The summed E-state index contributed by atoms with van der Waals surface area (Å²) >= 11 is 0. The highest BCUT2D eigenvalue weighted by Crippen LogP contribution is 2.67. The van der Waals surface area contributed by atoms with Gasteiger partial charge in [-0.1, -0.05) is 25.0 Å². The zero-order valence-corrected chi connectivity index (χ0v) is 11.8. The van der Waals surface area contributed by atoms with E-state index in [9.17, 15) is 0 Å². The Morgan fingerprint density at radius 1 is 1.35 bits per heavy atom. The van der Waals surface area contributed by atoms with E-state index in [0.717, 1.165) is 18.4 Å². The quantitative estimate of drug-likeness (QED) is 0.651. The minimum atomic E-state index is 0.328. The SMILES string of the molecule is COCC1(C)C(C)=C2CC[C@H](C)[C@@]23CC[C@@H]1C3. The number of allylic oxidation sites excluding steroid dienone is 1. The lowest BCUT2D eigenvalue weighted by Crippen LogP contribution is -2.39. The summed E-state index contributed by atoms with van der Waals surface area (Å²) in [5, 5.41) is 0. The predicted molar refractivity (Wildman–Crippen MR) is 70.9 cm³/mol. The molecule has 0 aromatic rings. The van der Waals surface area contributed by atoms with Gasteiger partial charge in [-0.25, -0.2) is 0 Å². The van der Waals surface area contributed by atoms with E-state index in [2.05, 4.69) is 20.8 Å². The molecule has 4 atom stereocenters. The minimum absolute atomic E-state index is 0.328. The van der Waals surface area contributed by atoms with E-state index in [1.54, 1.807) is 5.57 Å². The van der Waals surface area contributed by atoms with Crippen molar-refractivity contribution >= 4 is 0 Å². The molecule has 0 saturated heterocycles. The number of rotatable bonds is 2. The Labute approximate surface area is 106 Å². The van der Waals surface area contributed by atoms with Crippen LogP contribution in [0.1, 0.15) is 52.9 Å².